The van der Waals surface area contributed by atoms with Crippen molar-refractivity contribution in [1.82, 2.24) is 5.32 Å². The summed E-state index contributed by atoms with van der Waals surface area (Å²) in [5.41, 5.74) is 5.19. The Morgan fingerprint density at radius 3 is 2.62 bits per heavy atom. The van der Waals surface area contributed by atoms with Gasteiger partial charge in [-0.3, -0.25) is 15.5 Å². The molecule has 1 heterocycles. The molecular formula is C10H15ClN4O. The number of nitriles is 1. The topological polar surface area (TPSA) is 92.9 Å². The molecule has 1 amide bonds. The summed E-state index contributed by atoms with van der Waals surface area (Å²) in [7, 11) is 0. The molecule has 1 fully saturated rings. The Kier molecular flexibility index (Phi) is 3.76. The second-order valence-electron chi connectivity index (χ2n) is 4.31. The third-order valence-corrected chi connectivity index (χ3v) is 3.33. The number of carbonyl (C=O) groups is 1. The lowest BCUT2D eigenvalue weighted by atomic mass is 9.72. The van der Waals surface area contributed by atoms with Crippen LogP contribution < -0.4 is 28.4 Å². The number of carbonyl (C=O) groups excluding carboxylic acids is 1. The Morgan fingerprint density at radius 2 is 2.06 bits per heavy atom. The van der Waals surface area contributed by atoms with Crippen molar-refractivity contribution in [2.24, 2.45) is 11.7 Å². The fourth-order valence-electron chi connectivity index (χ4n) is 2.61. The minimum atomic E-state index is -0.620. The number of hydrogen-bond acceptors (Lipinski definition) is 3. The quantitative estimate of drug-likeness (QED) is 0.399. The van der Waals surface area contributed by atoms with Crippen molar-refractivity contribution in [3.8, 4) is 6.07 Å². The van der Waals surface area contributed by atoms with E-state index in [0.29, 0.717) is 0 Å². The Hall–Kier alpha value is -1.28. The van der Waals surface area contributed by atoms with E-state index >= 15 is 0 Å². The van der Waals surface area contributed by atoms with Gasteiger partial charge >= 0.3 is 11.9 Å². The van der Waals surface area contributed by atoms with Gasteiger partial charge in [-0.15, -0.1) is 0 Å². The molecule has 0 bridgehead atoms. The molecular weight excluding hydrogens is 228 g/mol. The van der Waals surface area contributed by atoms with Gasteiger partial charge in [-0.25, -0.2) is 5.32 Å². The average Bonchev–Trinajstić information content (AvgIpc) is 2.18. The number of amides is 1. The van der Waals surface area contributed by atoms with E-state index in [9.17, 15) is 4.79 Å². The van der Waals surface area contributed by atoms with Gasteiger partial charge in [0.1, 0.15) is 5.54 Å². The fourth-order valence-corrected chi connectivity index (χ4v) is 2.61. The Morgan fingerprint density at radius 1 is 1.44 bits per heavy atom. The van der Waals surface area contributed by atoms with Crippen molar-refractivity contribution in [2.45, 2.75) is 37.6 Å². The van der Waals surface area contributed by atoms with E-state index in [-0.39, 0.29) is 24.3 Å². The molecule has 16 heavy (non-hydrogen) atoms. The predicted octanol–water partition coefficient (Wildman–Crippen LogP) is -4.64. The zero-order valence-electron chi connectivity index (χ0n) is 8.92. The number of halogens is 1. The summed E-state index contributed by atoms with van der Waals surface area (Å²) in [6, 6.07) is 2.09. The van der Waals surface area contributed by atoms with E-state index in [1.54, 1.807) is 0 Å². The minimum Gasteiger partial charge on any atom is -1.00 e. The first kappa shape index (κ1) is 12.8. The summed E-state index contributed by atoms with van der Waals surface area (Å²) >= 11 is 0. The summed E-state index contributed by atoms with van der Waals surface area (Å²) in [6.07, 6.45) is 4.96. The first-order valence-corrected chi connectivity index (χ1v) is 5.29. The largest absolute Gasteiger partial charge is 1.00 e. The van der Waals surface area contributed by atoms with Gasteiger partial charge in [-0.2, -0.15) is 5.26 Å². The lowest BCUT2D eigenvalue weighted by molar-refractivity contribution is -0.571. The van der Waals surface area contributed by atoms with Gasteiger partial charge in [0.2, 0.25) is 0 Å². The van der Waals surface area contributed by atoms with Crippen LogP contribution in [-0.4, -0.2) is 17.4 Å². The second kappa shape index (κ2) is 4.71. The van der Waals surface area contributed by atoms with Crippen molar-refractivity contribution < 1.29 is 22.2 Å². The first-order valence-electron chi connectivity index (χ1n) is 5.29. The Bertz CT molecular complexity index is 354. The molecule has 6 heteroatoms. The average molecular weight is 243 g/mol. The predicted molar refractivity (Wildman–Crippen MR) is 53.2 cm³/mol. The van der Waals surface area contributed by atoms with E-state index in [4.69, 9.17) is 11.0 Å². The van der Waals surface area contributed by atoms with Crippen LogP contribution in [0.5, 0.6) is 0 Å². The van der Waals surface area contributed by atoms with Crippen molar-refractivity contribution in [3.63, 3.8) is 0 Å². The van der Waals surface area contributed by atoms with Crippen LogP contribution >= 0.6 is 0 Å². The van der Waals surface area contributed by atoms with Crippen LogP contribution in [0, 0.1) is 17.2 Å². The van der Waals surface area contributed by atoms with Gasteiger partial charge in [0.25, 0.3) is 0 Å². The highest BCUT2D eigenvalue weighted by Gasteiger charge is 2.49. The maximum absolute atomic E-state index is 11.6. The third-order valence-electron chi connectivity index (χ3n) is 3.33. The molecule has 2 rings (SSSR count). The van der Waals surface area contributed by atoms with E-state index in [1.807, 2.05) is 0 Å². The van der Waals surface area contributed by atoms with Crippen LogP contribution in [0.4, 0.5) is 0 Å². The molecule has 1 aliphatic carbocycles. The van der Waals surface area contributed by atoms with E-state index < -0.39 is 11.5 Å². The number of hydrogen-bond donors (Lipinski definition) is 3. The fraction of sp³-hybridized carbons (Fsp3) is 0.700. The molecule has 0 aromatic heterocycles. The van der Waals surface area contributed by atoms with Gasteiger partial charge in [-0.05, 0) is 25.7 Å². The van der Waals surface area contributed by atoms with Crippen molar-refractivity contribution >= 4 is 11.9 Å². The van der Waals surface area contributed by atoms with Crippen LogP contribution in [-0.2, 0) is 4.79 Å². The zero-order valence-corrected chi connectivity index (χ0v) is 9.68. The lowest BCUT2D eigenvalue weighted by Crippen LogP contribution is -3.00. The SMILES string of the molecule is N#CC1C(=O)NC(N)=[NH+]C12CCCCC2.[Cl-]. The highest BCUT2D eigenvalue weighted by Crippen LogP contribution is 2.31. The van der Waals surface area contributed by atoms with E-state index in [1.165, 1.54) is 6.42 Å². The summed E-state index contributed by atoms with van der Waals surface area (Å²) in [4.78, 5) is 14.7. The van der Waals surface area contributed by atoms with Crippen molar-refractivity contribution in [3.05, 3.63) is 0 Å². The summed E-state index contributed by atoms with van der Waals surface area (Å²) < 4.78 is 0. The van der Waals surface area contributed by atoms with Gasteiger partial charge in [-0.1, -0.05) is 6.42 Å². The third kappa shape index (κ3) is 1.98. The highest BCUT2D eigenvalue weighted by molar-refractivity contribution is 5.97. The van der Waals surface area contributed by atoms with Crippen LogP contribution in [0.1, 0.15) is 32.1 Å². The molecule has 5 nitrogen and oxygen atoms in total. The number of nitrogens with zero attached hydrogens (tertiary/aromatic N) is 1. The van der Waals surface area contributed by atoms with E-state index in [2.05, 4.69) is 16.4 Å². The van der Waals surface area contributed by atoms with Gasteiger partial charge < -0.3 is 12.4 Å². The summed E-state index contributed by atoms with van der Waals surface area (Å²) in [5.74, 6) is -0.603. The molecule has 0 radical (unpaired) electrons. The molecule has 1 spiro atoms. The van der Waals surface area contributed by atoms with Gasteiger partial charge in [0.15, 0.2) is 5.92 Å². The molecule has 88 valence electrons. The molecule has 1 aliphatic heterocycles. The molecule has 0 aromatic rings. The first-order chi connectivity index (χ1) is 7.18. The Balaban J connectivity index is 0.00000128. The maximum atomic E-state index is 11.6. The summed E-state index contributed by atoms with van der Waals surface area (Å²) in [5, 5.41) is 11.5. The molecule has 0 aromatic carbocycles. The van der Waals surface area contributed by atoms with Crippen molar-refractivity contribution in [1.29, 1.82) is 5.26 Å². The highest BCUT2D eigenvalue weighted by atomic mass is 35.5. The molecule has 0 saturated heterocycles. The molecule has 4 N–H and O–H groups in total. The zero-order chi connectivity index (χ0) is 10.9. The standard InChI is InChI=1S/C10H14N4O.ClH/c11-6-7-8(15)13-9(12)14-10(7)4-2-1-3-5-10;/h7H,1-5H2,(H3,12,13,14,15);1H. The van der Waals surface area contributed by atoms with Crippen LogP contribution in [0.3, 0.4) is 0 Å². The second-order valence-corrected chi connectivity index (χ2v) is 4.31. The lowest BCUT2D eigenvalue weighted by Gasteiger charge is -2.36. The molecule has 2 aliphatic rings. The van der Waals surface area contributed by atoms with Crippen LogP contribution in [0.25, 0.3) is 0 Å². The van der Waals surface area contributed by atoms with Crippen LogP contribution in [0.2, 0.25) is 0 Å². The smallest absolute Gasteiger partial charge is 0.348 e. The van der Waals surface area contributed by atoms with Gasteiger partial charge in [0, 0.05) is 0 Å². The molecule has 1 saturated carbocycles. The number of nitrogens with two attached hydrogens (primary N) is 1. The normalized spacial score (nSPS) is 27.3. The maximum Gasteiger partial charge on any atom is 0.348 e. The number of guanidine groups is 1. The van der Waals surface area contributed by atoms with Crippen LogP contribution in [0.15, 0.2) is 0 Å². The van der Waals surface area contributed by atoms with Crippen molar-refractivity contribution in [2.75, 3.05) is 0 Å². The minimum absolute atomic E-state index is 0. The monoisotopic (exact) mass is 242 g/mol. The number of nitrogens with one attached hydrogen (secondary N) is 2. The van der Waals surface area contributed by atoms with Gasteiger partial charge in [0.05, 0.1) is 6.07 Å². The Labute approximate surface area is 101 Å². The number of rotatable bonds is 0. The summed E-state index contributed by atoms with van der Waals surface area (Å²) in [6.45, 7) is 0. The molecule has 1 atom stereocenters. The van der Waals surface area contributed by atoms with E-state index in [0.717, 1.165) is 25.7 Å². The molecule has 1 unspecified atom stereocenters.